The van der Waals surface area contributed by atoms with E-state index in [0.29, 0.717) is 0 Å². The monoisotopic (exact) mass is 215 g/mol. The molecule has 0 aliphatic carbocycles. The summed E-state index contributed by atoms with van der Waals surface area (Å²) in [6.07, 6.45) is 6.81. The van der Waals surface area contributed by atoms with Gasteiger partial charge in [-0.3, -0.25) is 0 Å². The smallest absolute Gasteiger partial charge is 0.0462 e. The lowest BCUT2D eigenvalue weighted by molar-refractivity contribution is 0.180. The first kappa shape index (κ1) is 14.9. The Morgan fingerprint density at radius 1 is 1.13 bits per heavy atom. The topological polar surface area (TPSA) is 12.5 Å². The predicted octanol–water partition coefficient (Wildman–Crippen LogP) is 3.17. The number of hydrogen-bond donors (Lipinski definition) is 0. The van der Waals surface area contributed by atoms with Gasteiger partial charge in [-0.25, -0.2) is 0 Å². The minimum atomic E-state index is 0.937. The molecule has 0 atom stereocenters. The van der Waals surface area contributed by atoms with Crippen LogP contribution in [0.1, 0.15) is 46.0 Å². The molecule has 0 aromatic carbocycles. The van der Waals surface area contributed by atoms with Gasteiger partial charge in [0.15, 0.2) is 0 Å². The third-order valence-corrected chi connectivity index (χ3v) is 3.05. The Morgan fingerprint density at radius 3 is 2.27 bits per heavy atom. The third-order valence-electron chi connectivity index (χ3n) is 3.05. The lowest BCUT2D eigenvalue weighted by Gasteiger charge is -2.28. The molecule has 1 rings (SSSR count). The second-order valence-electron chi connectivity index (χ2n) is 4.24. The van der Waals surface area contributed by atoms with E-state index >= 15 is 0 Å². The lowest BCUT2D eigenvalue weighted by Crippen LogP contribution is -2.30. The molecule has 0 aromatic heterocycles. The van der Waals surface area contributed by atoms with E-state index in [1.807, 2.05) is 13.8 Å². The summed E-state index contributed by atoms with van der Waals surface area (Å²) >= 11 is 0. The number of likely N-dealkylation sites (tertiary alicyclic amines) is 1. The zero-order valence-electron chi connectivity index (χ0n) is 11.1. The van der Waals surface area contributed by atoms with E-state index in [0.717, 1.165) is 12.5 Å². The first-order valence-corrected chi connectivity index (χ1v) is 6.50. The first-order chi connectivity index (χ1) is 7.33. The van der Waals surface area contributed by atoms with Crippen LogP contribution in [0.3, 0.4) is 0 Å². The molecule has 15 heavy (non-hydrogen) atoms. The second-order valence-corrected chi connectivity index (χ2v) is 4.24. The quantitative estimate of drug-likeness (QED) is 0.653. The molecule has 1 aliphatic heterocycles. The lowest BCUT2D eigenvalue weighted by atomic mass is 9.92. The Hall–Kier alpha value is -0.0800. The maximum absolute atomic E-state index is 5.04. The van der Waals surface area contributed by atoms with Gasteiger partial charge in [-0.2, -0.15) is 0 Å². The van der Waals surface area contributed by atoms with Crippen molar-refractivity contribution in [2.75, 3.05) is 33.9 Å². The Labute approximate surface area is 96.0 Å². The highest BCUT2D eigenvalue weighted by atomic mass is 16.5. The van der Waals surface area contributed by atoms with Crippen molar-refractivity contribution in [2.45, 2.75) is 46.0 Å². The highest BCUT2D eigenvalue weighted by Crippen LogP contribution is 2.21. The standard InChI is InChI=1S/C11H23NO.C2H6/c1-12-8-6-11(7-9-12)5-3-4-10-13-2;1-2/h11H,3-10H2,1-2H3;1-2H3. The van der Waals surface area contributed by atoms with Gasteiger partial charge in [0.1, 0.15) is 0 Å². The molecule has 1 heterocycles. The van der Waals surface area contributed by atoms with E-state index in [1.165, 1.54) is 45.2 Å². The average molecular weight is 215 g/mol. The fraction of sp³-hybridized carbons (Fsp3) is 1.00. The molecular formula is C13H29NO. The maximum Gasteiger partial charge on any atom is 0.0462 e. The zero-order valence-corrected chi connectivity index (χ0v) is 11.1. The Kier molecular flexibility index (Phi) is 10.4. The highest BCUT2D eigenvalue weighted by Gasteiger charge is 2.15. The Morgan fingerprint density at radius 2 is 1.73 bits per heavy atom. The van der Waals surface area contributed by atoms with E-state index in [-0.39, 0.29) is 0 Å². The van der Waals surface area contributed by atoms with Crippen molar-refractivity contribution in [3.8, 4) is 0 Å². The van der Waals surface area contributed by atoms with Gasteiger partial charge in [0.05, 0.1) is 0 Å². The van der Waals surface area contributed by atoms with E-state index in [2.05, 4.69) is 11.9 Å². The van der Waals surface area contributed by atoms with Crippen molar-refractivity contribution >= 4 is 0 Å². The van der Waals surface area contributed by atoms with Crippen molar-refractivity contribution in [3.63, 3.8) is 0 Å². The summed E-state index contributed by atoms with van der Waals surface area (Å²) in [5, 5.41) is 0. The van der Waals surface area contributed by atoms with Crippen LogP contribution >= 0.6 is 0 Å². The van der Waals surface area contributed by atoms with Gasteiger partial charge in [-0.1, -0.05) is 26.7 Å². The normalized spacial score (nSPS) is 18.4. The number of ether oxygens (including phenoxy) is 1. The molecule has 0 aromatic rings. The summed E-state index contributed by atoms with van der Waals surface area (Å²) < 4.78 is 5.04. The number of nitrogens with zero attached hydrogens (tertiary/aromatic N) is 1. The molecule has 92 valence electrons. The second kappa shape index (κ2) is 10.4. The Balaban J connectivity index is 0.000000921. The van der Waals surface area contributed by atoms with Crippen LogP contribution in [0.2, 0.25) is 0 Å². The number of unbranched alkanes of at least 4 members (excludes halogenated alkanes) is 1. The van der Waals surface area contributed by atoms with E-state index in [4.69, 9.17) is 4.74 Å². The van der Waals surface area contributed by atoms with Crippen molar-refractivity contribution in [2.24, 2.45) is 5.92 Å². The maximum atomic E-state index is 5.04. The van der Waals surface area contributed by atoms with Crippen LogP contribution in [0.15, 0.2) is 0 Å². The SMILES string of the molecule is CC.COCCCCC1CCN(C)CC1. The molecule has 0 amide bonds. The molecule has 2 nitrogen and oxygen atoms in total. The molecule has 1 aliphatic rings. The first-order valence-electron chi connectivity index (χ1n) is 6.50. The summed E-state index contributed by atoms with van der Waals surface area (Å²) in [7, 11) is 4.01. The molecule has 1 saturated heterocycles. The summed E-state index contributed by atoms with van der Waals surface area (Å²) in [5.41, 5.74) is 0. The molecular weight excluding hydrogens is 186 g/mol. The van der Waals surface area contributed by atoms with Crippen LogP contribution in [0, 0.1) is 5.92 Å². The number of hydrogen-bond acceptors (Lipinski definition) is 2. The summed E-state index contributed by atoms with van der Waals surface area (Å²) in [5.74, 6) is 0.994. The molecule has 2 heteroatoms. The van der Waals surface area contributed by atoms with Gasteiger partial charge in [-0.05, 0) is 45.3 Å². The molecule has 1 fully saturated rings. The van der Waals surface area contributed by atoms with E-state index in [1.54, 1.807) is 7.11 Å². The third kappa shape index (κ3) is 7.80. The van der Waals surface area contributed by atoms with Gasteiger partial charge in [0, 0.05) is 13.7 Å². The fourth-order valence-electron chi connectivity index (χ4n) is 2.03. The molecule has 0 unspecified atom stereocenters. The van der Waals surface area contributed by atoms with Crippen LogP contribution in [0.5, 0.6) is 0 Å². The summed E-state index contributed by atoms with van der Waals surface area (Å²) in [4.78, 5) is 2.44. The van der Waals surface area contributed by atoms with E-state index < -0.39 is 0 Å². The van der Waals surface area contributed by atoms with Crippen LogP contribution in [-0.2, 0) is 4.74 Å². The van der Waals surface area contributed by atoms with Crippen LogP contribution in [-0.4, -0.2) is 38.8 Å². The molecule has 0 spiro atoms. The van der Waals surface area contributed by atoms with Crippen molar-refractivity contribution < 1.29 is 4.74 Å². The zero-order chi connectivity index (χ0) is 11.5. The van der Waals surface area contributed by atoms with Gasteiger partial charge in [0.25, 0.3) is 0 Å². The van der Waals surface area contributed by atoms with Crippen molar-refractivity contribution in [1.29, 1.82) is 0 Å². The minimum Gasteiger partial charge on any atom is -0.385 e. The molecule has 0 N–H and O–H groups in total. The predicted molar refractivity (Wildman–Crippen MR) is 67.3 cm³/mol. The largest absolute Gasteiger partial charge is 0.385 e. The minimum absolute atomic E-state index is 0.937. The van der Waals surface area contributed by atoms with Crippen LogP contribution < -0.4 is 0 Å². The molecule has 0 radical (unpaired) electrons. The molecule has 0 saturated carbocycles. The van der Waals surface area contributed by atoms with Crippen molar-refractivity contribution in [3.05, 3.63) is 0 Å². The number of rotatable bonds is 5. The summed E-state index contributed by atoms with van der Waals surface area (Å²) in [6, 6.07) is 0. The van der Waals surface area contributed by atoms with Gasteiger partial charge in [0.2, 0.25) is 0 Å². The van der Waals surface area contributed by atoms with Crippen LogP contribution in [0.4, 0.5) is 0 Å². The van der Waals surface area contributed by atoms with Gasteiger partial charge in [-0.15, -0.1) is 0 Å². The Bertz CT molecular complexity index is 120. The van der Waals surface area contributed by atoms with E-state index in [9.17, 15) is 0 Å². The summed E-state index contributed by atoms with van der Waals surface area (Å²) in [6.45, 7) is 7.54. The van der Waals surface area contributed by atoms with Gasteiger partial charge < -0.3 is 9.64 Å². The fourth-order valence-corrected chi connectivity index (χ4v) is 2.03. The molecule has 0 bridgehead atoms. The highest BCUT2D eigenvalue weighted by molar-refractivity contribution is 4.69. The average Bonchev–Trinajstić information content (AvgIpc) is 2.30. The van der Waals surface area contributed by atoms with Crippen LogP contribution in [0.25, 0.3) is 0 Å². The number of piperidine rings is 1. The number of methoxy groups -OCH3 is 1. The van der Waals surface area contributed by atoms with Crippen molar-refractivity contribution in [1.82, 2.24) is 4.90 Å². The van der Waals surface area contributed by atoms with Gasteiger partial charge >= 0.3 is 0 Å².